The SMILES string of the molecule is Fc1ccc(C#CCO[C@H]2CCCCO2)cc1Cl. The van der Waals surface area contributed by atoms with E-state index in [9.17, 15) is 4.39 Å². The molecule has 0 aliphatic carbocycles. The summed E-state index contributed by atoms with van der Waals surface area (Å²) in [6, 6.07) is 4.39. The molecule has 0 radical (unpaired) electrons. The highest BCUT2D eigenvalue weighted by Gasteiger charge is 2.12. The molecule has 2 nitrogen and oxygen atoms in total. The second-order valence-electron chi connectivity index (χ2n) is 4.04. The van der Waals surface area contributed by atoms with E-state index in [1.807, 2.05) is 0 Å². The van der Waals surface area contributed by atoms with Crippen LogP contribution in [0.15, 0.2) is 18.2 Å². The molecule has 1 aromatic carbocycles. The number of halogens is 2. The van der Waals surface area contributed by atoms with E-state index in [1.54, 1.807) is 6.07 Å². The normalized spacial score (nSPS) is 19.1. The van der Waals surface area contributed by atoms with Crippen LogP contribution in [0.3, 0.4) is 0 Å². The predicted molar refractivity (Wildman–Crippen MR) is 67.8 cm³/mol. The first-order valence-electron chi connectivity index (χ1n) is 5.93. The van der Waals surface area contributed by atoms with Gasteiger partial charge in [0.25, 0.3) is 0 Å². The highest BCUT2D eigenvalue weighted by molar-refractivity contribution is 6.30. The molecular formula is C14H14ClFO2. The maximum Gasteiger partial charge on any atom is 0.158 e. The van der Waals surface area contributed by atoms with Crippen molar-refractivity contribution in [3.8, 4) is 11.8 Å². The molecular weight excluding hydrogens is 255 g/mol. The largest absolute Gasteiger partial charge is 0.353 e. The van der Waals surface area contributed by atoms with Crippen molar-refractivity contribution < 1.29 is 13.9 Å². The van der Waals surface area contributed by atoms with Gasteiger partial charge in [0.05, 0.1) is 5.02 Å². The Morgan fingerprint density at radius 1 is 1.44 bits per heavy atom. The van der Waals surface area contributed by atoms with Crippen LogP contribution in [0.1, 0.15) is 24.8 Å². The van der Waals surface area contributed by atoms with Gasteiger partial charge >= 0.3 is 0 Å². The molecule has 1 saturated heterocycles. The Bertz CT molecular complexity index is 459. The molecule has 1 aliphatic rings. The van der Waals surface area contributed by atoms with Gasteiger partial charge in [0.2, 0.25) is 0 Å². The standard InChI is InChI=1S/C14H14ClFO2/c15-12-10-11(6-7-13(12)16)4-3-9-18-14-5-1-2-8-17-14/h6-7,10,14H,1-2,5,8-9H2/t14-/m0/s1. The third-order valence-corrected chi connectivity index (χ3v) is 2.92. The molecule has 96 valence electrons. The van der Waals surface area contributed by atoms with Gasteiger partial charge in [-0.25, -0.2) is 4.39 Å². The molecule has 0 saturated carbocycles. The van der Waals surface area contributed by atoms with Gasteiger partial charge in [-0.15, -0.1) is 0 Å². The molecule has 1 atom stereocenters. The number of hydrogen-bond acceptors (Lipinski definition) is 2. The summed E-state index contributed by atoms with van der Waals surface area (Å²) in [6.07, 6.45) is 3.01. The van der Waals surface area contributed by atoms with Gasteiger partial charge in [0.15, 0.2) is 6.29 Å². The summed E-state index contributed by atoms with van der Waals surface area (Å²) >= 11 is 5.65. The minimum Gasteiger partial charge on any atom is -0.353 e. The molecule has 1 fully saturated rings. The van der Waals surface area contributed by atoms with Gasteiger partial charge < -0.3 is 9.47 Å². The van der Waals surface area contributed by atoms with Gasteiger partial charge in [-0.05, 0) is 37.5 Å². The number of hydrogen-bond donors (Lipinski definition) is 0. The number of ether oxygens (including phenoxy) is 2. The summed E-state index contributed by atoms with van der Waals surface area (Å²) in [5, 5.41) is 0.0818. The third kappa shape index (κ3) is 3.99. The van der Waals surface area contributed by atoms with Crippen LogP contribution in [0.4, 0.5) is 4.39 Å². The molecule has 0 spiro atoms. The molecule has 0 bridgehead atoms. The summed E-state index contributed by atoms with van der Waals surface area (Å²) in [4.78, 5) is 0. The minimum atomic E-state index is -0.436. The maximum atomic E-state index is 12.9. The number of benzene rings is 1. The van der Waals surface area contributed by atoms with E-state index in [0.717, 1.165) is 25.9 Å². The van der Waals surface area contributed by atoms with Gasteiger partial charge in [0.1, 0.15) is 12.4 Å². The van der Waals surface area contributed by atoms with Gasteiger partial charge in [0, 0.05) is 12.2 Å². The lowest BCUT2D eigenvalue weighted by molar-refractivity contribution is -0.154. The van der Waals surface area contributed by atoms with Crippen LogP contribution in [0, 0.1) is 17.7 Å². The van der Waals surface area contributed by atoms with E-state index >= 15 is 0 Å². The molecule has 0 aromatic heterocycles. The zero-order valence-electron chi connectivity index (χ0n) is 9.92. The highest BCUT2D eigenvalue weighted by Crippen LogP contribution is 2.15. The Labute approximate surface area is 111 Å². The van der Waals surface area contributed by atoms with Crippen molar-refractivity contribution in [3.05, 3.63) is 34.6 Å². The molecule has 0 unspecified atom stereocenters. The topological polar surface area (TPSA) is 18.5 Å². The second-order valence-corrected chi connectivity index (χ2v) is 4.45. The van der Waals surface area contributed by atoms with E-state index in [0.29, 0.717) is 12.2 Å². The molecule has 0 amide bonds. The van der Waals surface area contributed by atoms with Gasteiger partial charge in [-0.2, -0.15) is 0 Å². The van der Waals surface area contributed by atoms with Crippen LogP contribution in [0.25, 0.3) is 0 Å². The molecule has 2 rings (SSSR count). The summed E-state index contributed by atoms with van der Waals surface area (Å²) in [5.41, 5.74) is 0.676. The van der Waals surface area contributed by atoms with Crippen LogP contribution < -0.4 is 0 Å². The fourth-order valence-corrected chi connectivity index (χ4v) is 1.87. The molecule has 1 aromatic rings. The third-order valence-electron chi connectivity index (χ3n) is 2.63. The van der Waals surface area contributed by atoms with Crippen LogP contribution in [-0.4, -0.2) is 19.5 Å². The Kier molecular flexibility index (Phi) is 5.00. The zero-order chi connectivity index (χ0) is 12.8. The average Bonchev–Trinajstić information content (AvgIpc) is 2.40. The van der Waals surface area contributed by atoms with Crippen molar-refractivity contribution in [2.24, 2.45) is 0 Å². The Balaban J connectivity index is 1.82. The zero-order valence-corrected chi connectivity index (χ0v) is 10.7. The molecule has 18 heavy (non-hydrogen) atoms. The summed E-state index contributed by atoms with van der Waals surface area (Å²) in [7, 11) is 0. The molecule has 0 N–H and O–H groups in total. The van der Waals surface area contributed by atoms with Gasteiger partial charge in [-0.1, -0.05) is 23.4 Å². The minimum absolute atomic E-state index is 0.0818. The van der Waals surface area contributed by atoms with Crippen molar-refractivity contribution in [1.29, 1.82) is 0 Å². The van der Waals surface area contributed by atoms with E-state index in [-0.39, 0.29) is 11.3 Å². The lowest BCUT2D eigenvalue weighted by atomic mass is 10.2. The fourth-order valence-electron chi connectivity index (χ4n) is 1.69. The quantitative estimate of drug-likeness (QED) is 0.766. The first-order valence-corrected chi connectivity index (χ1v) is 6.30. The summed E-state index contributed by atoms with van der Waals surface area (Å²) < 4.78 is 23.8. The van der Waals surface area contributed by atoms with E-state index in [4.69, 9.17) is 21.1 Å². The van der Waals surface area contributed by atoms with Crippen molar-refractivity contribution in [1.82, 2.24) is 0 Å². The first-order chi connectivity index (χ1) is 8.75. The van der Waals surface area contributed by atoms with Crippen LogP contribution in [-0.2, 0) is 9.47 Å². The monoisotopic (exact) mass is 268 g/mol. The van der Waals surface area contributed by atoms with E-state index in [2.05, 4.69) is 11.8 Å². The van der Waals surface area contributed by atoms with Gasteiger partial charge in [-0.3, -0.25) is 0 Å². The molecule has 1 heterocycles. The molecule has 1 aliphatic heterocycles. The average molecular weight is 269 g/mol. The Morgan fingerprint density at radius 3 is 3.06 bits per heavy atom. The van der Waals surface area contributed by atoms with Crippen molar-refractivity contribution >= 4 is 11.6 Å². The van der Waals surface area contributed by atoms with Crippen molar-refractivity contribution in [2.45, 2.75) is 25.6 Å². The highest BCUT2D eigenvalue weighted by atomic mass is 35.5. The maximum absolute atomic E-state index is 12.9. The number of rotatable bonds is 2. The lowest BCUT2D eigenvalue weighted by Gasteiger charge is -2.21. The predicted octanol–water partition coefficient (Wildman–Crippen LogP) is 3.37. The fraction of sp³-hybridized carbons (Fsp3) is 0.429. The van der Waals surface area contributed by atoms with Crippen molar-refractivity contribution in [2.75, 3.05) is 13.2 Å². The lowest BCUT2D eigenvalue weighted by Crippen LogP contribution is -2.22. The smallest absolute Gasteiger partial charge is 0.158 e. The first kappa shape index (κ1) is 13.4. The Morgan fingerprint density at radius 2 is 2.33 bits per heavy atom. The van der Waals surface area contributed by atoms with E-state index < -0.39 is 5.82 Å². The summed E-state index contributed by atoms with van der Waals surface area (Å²) in [5.74, 6) is 5.30. The summed E-state index contributed by atoms with van der Waals surface area (Å²) in [6.45, 7) is 1.06. The Hall–Kier alpha value is -1.08. The van der Waals surface area contributed by atoms with E-state index in [1.165, 1.54) is 12.1 Å². The van der Waals surface area contributed by atoms with Crippen LogP contribution in [0.5, 0.6) is 0 Å². The van der Waals surface area contributed by atoms with Crippen LogP contribution in [0.2, 0.25) is 5.02 Å². The van der Waals surface area contributed by atoms with Crippen LogP contribution >= 0.6 is 11.6 Å². The molecule has 4 heteroatoms. The van der Waals surface area contributed by atoms with Crippen molar-refractivity contribution in [3.63, 3.8) is 0 Å². The second kappa shape index (κ2) is 6.75.